The highest BCUT2D eigenvalue weighted by atomic mass is 16.2. The van der Waals surface area contributed by atoms with Gasteiger partial charge in [-0.2, -0.15) is 5.26 Å². The molecular formula is C27H27N5O2. The van der Waals surface area contributed by atoms with Crippen molar-refractivity contribution in [2.24, 2.45) is 5.73 Å². The smallest absolute Gasteiger partial charge is 0.255 e. The summed E-state index contributed by atoms with van der Waals surface area (Å²) in [6, 6.07) is 19.4. The van der Waals surface area contributed by atoms with Crippen LogP contribution in [0.15, 0.2) is 73.1 Å². The van der Waals surface area contributed by atoms with Crippen molar-refractivity contribution in [2.45, 2.75) is 44.3 Å². The highest BCUT2D eigenvalue weighted by Crippen LogP contribution is 2.26. The zero-order valence-corrected chi connectivity index (χ0v) is 18.9. The number of pyridine rings is 1. The number of anilines is 1. The summed E-state index contributed by atoms with van der Waals surface area (Å²) in [4.78, 5) is 31.9. The van der Waals surface area contributed by atoms with Crippen molar-refractivity contribution in [3.05, 3.63) is 95.3 Å². The van der Waals surface area contributed by atoms with Gasteiger partial charge in [-0.25, -0.2) is 0 Å². The second kappa shape index (κ2) is 10.7. The van der Waals surface area contributed by atoms with Crippen molar-refractivity contribution < 1.29 is 9.59 Å². The predicted octanol–water partition coefficient (Wildman–Crippen LogP) is 4.12. The molecule has 1 fully saturated rings. The number of nitriles is 1. The molecule has 0 spiro atoms. The third-order valence-corrected chi connectivity index (χ3v) is 6.18. The highest BCUT2D eigenvalue weighted by Gasteiger charge is 2.31. The van der Waals surface area contributed by atoms with E-state index in [1.54, 1.807) is 48.8 Å². The van der Waals surface area contributed by atoms with Crippen LogP contribution in [-0.4, -0.2) is 33.8 Å². The van der Waals surface area contributed by atoms with E-state index in [0.29, 0.717) is 28.9 Å². The van der Waals surface area contributed by atoms with Gasteiger partial charge in [-0.15, -0.1) is 0 Å². The van der Waals surface area contributed by atoms with Crippen LogP contribution in [0.3, 0.4) is 0 Å². The van der Waals surface area contributed by atoms with Crippen LogP contribution in [0.5, 0.6) is 0 Å². The Balaban J connectivity index is 1.57. The molecule has 7 nitrogen and oxygen atoms in total. The number of nitrogens with one attached hydrogen (secondary N) is 1. The first kappa shape index (κ1) is 23.1. The number of carbonyl (C=O) groups excluding carboxylic acids is 2. The van der Waals surface area contributed by atoms with E-state index >= 15 is 0 Å². The van der Waals surface area contributed by atoms with Crippen molar-refractivity contribution in [1.29, 1.82) is 5.26 Å². The van der Waals surface area contributed by atoms with Crippen molar-refractivity contribution in [3.63, 3.8) is 0 Å². The number of hydrogen-bond donors (Lipinski definition) is 2. The molecule has 2 unspecified atom stereocenters. The molecule has 1 saturated carbocycles. The SMILES string of the molecule is N#Cc1ccc(C(=O)N(Cc2cccc(NC(=O)c3ccncc3)c2)C2CCCCC2N)cc1. The number of rotatable bonds is 6. The molecule has 0 bridgehead atoms. The van der Waals surface area contributed by atoms with E-state index in [1.807, 2.05) is 29.2 Å². The molecule has 1 aliphatic carbocycles. The average Bonchev–Trinajstić information content (AvgIpc) is 2.88. The van der Waals surface area contributed by atoms with Crippen LogP contribution in [0.2, 0.25) is 0 Å². The summed E-state index contributed by atoms with van der Waals surface area (Å²) in [6.07, 6.45) is 6.97. The summed E-state index contributed by atoms with van der Waals surface area (Å²) in [5, 5.41) is 12.0. The standard InChI is InChI=1S/C27H27N5O2/c28-17-19-8-10-22(11-9-19)27(34)32(25-7-2-1-6-24(25)29)18-20-4-3-5-23(16-20)31-26(33)21-12-14-30-15-13-21/h3-5,8-16,24-25H,1-2,6-7,18,29H2,(H,31,33). The quantitative estimate of drug-likeness (QED) is 0.583. The molecular weight excluding hydrogens is 426 g/mol. The highest BCUT2D eigenvalue weighted by molar-refractivity contribution is 6.04. The largest absolute Gasteiger partial charge is 0.330 e. The molecule has 0 radical (unpaired) electrons. The summed E-state index contributed by atoms with van der Waals surface area (Å²) in [5.41, 5.74) is 9.56. The van der Waals surface area contributed by atoms with Gasteiger partial charge in [0.15, 0.2) is 0 Å². The Bertz CT molecular complexity index is 1190. The van der Waals surface area contributed by atoms with Gasteiger partial charge in [0.05, 0.1) is 11.6 Å². The summed E-state index contributed by atoms with van der Waals surface area (Å²) in [5.74, 6) is -0.336. The predicted molar refractivity (Wildman–Crippen MR) is 130 cm³/mol. The fraction of sp³-hybridized carbons (Fsp3) is 0.259. The molecule has 1 aromatic heterocycles. The number of carbonyl (C=O) groups is 2. The van der Waals surface area contributed by atoms with Crippen molar-refractivity contribution in [3.8, 4) is 6.07 Å². The molecule has 4 rings (SSSR count). The summed E-state index contributed by atoms with van der Waals surface area (Å²) in [7, 11) is 0. The van der Waals surface area contributed by atoms with Crippen molar-refractivity contribution in [1.82, 2.24) is 9.88 Å². The third kappa shape index (κ3) is 5.48. The number of amides is 2. The number of benzene rings is 2. The molecule has 34 heavy (non-hydrogen) atoms. The van der Waals surface area contributed by atoms with Crippen LogP contribution in [0.1, 0.15) is 57.5 Å². The number of nitrogens with two attached hydrogens (primary N) is 1. The van der Waals surface area contributed by atoms with E-state index in [0.717, 1.165) is 31.2 Å². The Morgan fingerprint density at radius 3 is 2.47 bits per heavy atom. The lowest BCUT2D eigenvalue weighted by Crippen LogP contribution is -2.51. The fourth-order valence-electron chi connectivity index (χ4n) is 4.37. The fourth-order valence-corrected chi connectivity index (χ4v) is 4.37. The van der Waals surface area contributed by atoms with Crippen molar-refractivity contribution >= 4 is 17.5 Å². The topological polar surface area (TPSA) is 112 Å². The summed E-state index contributed by atoms with van der Waals surface area (Å²) in [6.45, 7) is 0.371. The number of hydrogen-bond acceptors (Lipinski definition) is 5. The minimum Gasteiger partial charge on any atom is -0.330 e. The van der Waals surface area contributed by atoms with Gasteiger partial charge >= 0.3 is 0 Å². The minimum atomic E-state index is -0.223. The van der Waals surface area contributed by atoms with E-state index in [-0.39, 0.29) is 23.9 Å². The lowest BCUT2D eigenvalue weighted by Gasteiger charge is -2.38. The molecule has 2 amide bonds. The van der Waals surface area contributed by atoms with Crippen LogP contribution < -0.4 is 11.1 Å². The van der Waals surface area contributed by atoms with E-state index in [4.69, 9.17) is 11.0 Å². The van der Waals surface area contributed by atoms with Crippen LogP contribution in [0.25, 0.3) is 0 Å². The van der Waals surface area contributed by atoms with E-state index in [2.05, 4.69) is 16.4 Å². The zero-order chi connectivity index (χ0) is 23.9. The minimum absolute atomic E-state index is 0.0769. The van der Waals surface area contributed by atoms with Gasteiger partial charge < -0.3 is 16.0 Å². The zero-order valence-electron chi connectivity index (χ0n) is 18.9. The lowest BCUT2D eigenvalue weighted by atomic mass is 9.89. The first-order valence-electron chi connectivity index (χ1n) is 11.4. The second-order valence-corrected chi connectivity index (χ2v) is 8.53. The molecule has 0 saturated heterocycles. The van der Waals surface area contributed by atoms with Gasteiger partial charge in [-0.3, -0.25) is 14.6 Å². The first-order valence-corrected chi connectivity index (χ1v) is 11.4. The van der Waals surface area contributed by atoms with Crippen LogP contribution in [-0.2, 0) is 6.54 Å². The maximum absolute atomic E-state index is 13.6. The lowest BCUT2D eigenvalue weighted by molar-refractivity contribution is 0.0583. The van der Waals surface area contributed by atoms with E-state index in [1.165, 1.54) is 0 Å². The van der Waals surface area contributed by atoms with Crippen LogP contribution >= 0.6 is 0 Å². The van der Waals surface area contributed by atoms with Gasteiger partial charge in [0.1, 0.15) is 0 Å². The van der Waals surface area contributed by atoms with Gasteiger partial charge in [0.2, 0.25) is 0 Å². The molecule has 172 valence electrons. The molecule has 3 aromatic rings. The Kier molecular flexibility index (Phi) is 7.31. The summed E-state index contributed by atoms with van der Waals surface area (Å²) >= 11 is 0. The molecule has 3 N–H and O–H groups in total. The number of aromatic nitrogens is 1. The van der Waals surface area contributed by atoms with Crippen LogP contribution in [0, 0.1) is 11.3 Å². The molecule has 1 aliphatic rings. The van der Waals surface area contributed by atoms with E-state index in [9.17, 15) is 9.59 Å². The maximum Gasteiger partial charge on any atom is 0.255 e. The molecule has 2 aromatic carbocycles. The first-order chi connectivity index (χ1) is 16.5. The average molecular weight is 454 g/mol. The Morgan fingerprint density at radius 1 is 1.03 bits per heavy atom. The normalized spacial score (nSPS) is 17.4. The Morgan fingerprint density at radius 2 is 1.76 bits per heavy atom. The maximum atomic E-state index is 13.6. The monoisotopic (exact) mass is 453 g/mol. The number of nitrogens with zero attached hydrogens (tertiary/aromatic N) is 3. The third-order valence-electron chi connectivity index (χ3n) is 6.18. The summed E-state index contributed by atoms with van der Waals surface area (Å²) < 4.78 is 0. The van der Waals surface area contributed by atoms with Gasteiger partial charge in [0, 0.05) is 47.8 Å². The molecule has 0 aliphatic heterocycles. The van der Waals surface area contributed by atoms with Crippen LogP contribution in [0.4, 0.5) is 5.69 Å². The Labute approximate surface area is 199 Å². The van der Waals surface area contributed by atoms with Crippen molar-refractivity contribution in [2.75, 3.05) is 5.32 Å². The molecule has 2 atom stereocenters. The molecule has 7 heteroatoms. The van der Waals surface area contributed by atoms with Gasteiger partial charge in [-0.05, 0) is 66.9 Å². The Hall–Kier alpha value is -4.02. The van der Waals surface area contributed by atoms with Gasteiger partial charge in [0.25, 0.3) is 11.8 Å². The van der Waals surface area contributed by atoms with Gasteiger partial charge in [-0.1, -0.05) is 25.0 Å². The second-order valence-electron chi connectivity index (χ2n) is 8.53. The van der Waals surface area contributed by atoms with E-state index < -0.39 is 0 Å². The molecule has 1 heterocycles.